The fourth-order valence-corrected chi connectivity index (χ4v) is 0.702. The number of ketones is 1. The third kappa shape index (κ3) is 4.37. The van der Waals surface area contributed by atoms with E-state index in [4.69, 9.17) is 5.73 Å². The van der Waals surface area contributed by atoms with Crippen molar-refractivity contribution in [2.75, 3.05) is 0 Å². The van der Waals surface area contributed by atoms with Crippen molar-refractivity contribution in [2.24, 2.45) is 5.73 Å². The van der Waals surface area contributed by atoms with Crippen LogP contribution in [0.4, 0.5) is 0 Å². The Morgan fingerprint density at radius 3 is 2.73 bits per heavy atom. The molecule has 0 rings (SSSR count). The molecule has 0 unspecified atom stereocenters. The Morgan fingerprint density at radius 1 is 1.64 bits per heavy atom. The van der Waals surface area contributed by atoms with Crippen LogP contribution in [0.5, 0.6) is 0 Å². The minimum atomic E-state index is 0.0201. The van der Waals surface area contributed by atoms with Crippen LogP contribution in [0.3, 0.4) is 0 Å². The molecule has 0 aliphatic carbocycles. The second-order valence-corrected chi connectivity index (χ2v) is 2.38. The third-order valence-corrected chi connectivity index (χ3v) is 1.38. The minimum absolute atomic E-state index is 0.0201. The van der Waals surface area contributed by atoms with Crippen LogP contribution in [0.2, 0.25) is 0 Å². The number of hydrogen-bond donors (Lipinski definition) is 1. The highest BCUT2D eigenvalue weighted by atomic mass is 16.1. The molecule has 0 saturated carbocycles. The van der Waals surface area contributed by atoms with Gasteiger partial charge >= 0.3 is 0 Å². The van der Waals surface area contributed by atoms with Gasteiger partial charge in [0.05, 0.1) is 5.70 Å². The van der Waals surface area contributed by atoms with Gasteiger partial charge in [-0.25, -0.2) is 0 Å². The van der Waals surface area contributed by atoms with Gasteiger partial charge in [0.15, 0.2) is 5.78 Å². The maximum absolute atomic E-state index is 11.1. The first-order valence-corrected chi connectivity index (χ1v) is 3.83. The van der Waals surface area contributed by atoms with Crippen LogP contribution in [-0.2, 0) is 4.79 Å². The Kier molecular flexibility index (Phi) is 5.17. The molecule has 0 spiro atoms. The number of allylic oxidation sites excluding steroid dienone is 3. The fourth-order valence-electron chi connectivity index (χ4n) is 0.702. The summed E-state index contributed by atoms with van der Waals surface area (Å²) in [5.41, 5.74) is 5.72. The fraction of sp³-hybridized carbons (Fsp3) is 0.444. The van der Waals surface area contributed by atoms with Gasteiger partial charge in [0, 0.05) is 6.42 Å². The van der Waals surface area contributed by atoms with Gasteiger partial charge in [-0.2, -0.15) is 0 Å². The summed E-state index contributed by atoms with van der Waals surface area (Å²) in [6.45, 7) is 5.50. The highest BCUT2D eigenvalue weighted by Gasteiger charge is 2.01. The van der Waals surface area contributed by atoms with E-state index in [0.717, 1.165) is 12.8 Å². The normalized spacial score (nSPS) is 11.2. The zero-order chi connectivity index (χ0) is 8.69. The van der Waals surface area contributed by atoms with E-state index >= 15 is 0 Å². The van der Waals surface area contributed by atoms with Crippen LogP contribution in [0.15, 0.2) is 24.4 Å². The standard InChI is InChI=1S/C9H15NO/c1-3-5-7-9(11)8(10)6-4-2/h4,6H,2-3,5,7,10H2,1H3/b8-6-. The van der Waals surface area contributed by atoms with Crippen molar-refractivity contribution < 1.29 is 4.79 Å². The SMILES string of the molecule is C=C/C=C(\N)C(=O)CCCC. The Morgan fingerprint density at radius 2 is 2.27 bits per heavy atom. The molecule has 0 heterocycles. The van der Waals surface area contributed by atoms with E-state index in [9.17, 15) is 4.79 Å². The lowest BCUT2D eigenvalue weighted by atomic mass is 10.1. The Balaban J connectivity index is 3.82. The van der Waals surface area contributed by atoms with Gasteiger partial charge in [0.1, 0.15) is 0 Å². The maximum atomic E-state index is 11.1. The van der Waals surface area contributed by atoms with Gasteiger partial charge in [-0.1, -0.05) is 26.0 Å². The lowest BCUT2D eigenvalue weighted by Gasteiger charge is -1.97. The van der Waals surface area contributed by atoms with Crippen LogP contribution in [0.1, 0.15) is 26.2 Å². The van der Waals surface area contributed by atoms with E-state index in [-0.39, 0.29) is 5.78 Å². The lowest BCUT2D eigenvalue weighted by molar-refractivity contribution is -0.115. The lowest BCUT2D eigenvalue weighted by Crippen LogP contribution is -2.10. The topological polar surface area (TPSA) is 43.1 Å². The van der Waals surface area contributed by atoms with Crippen LogP contribution < -0.4 is 5.73 Å². The molecule has 0 aromatic heterocycles. The molecule has 0 aliphatic rings. The molecule has 0 aromatic rings. The van der Waals surface area contributed by atoms with E-state index < -0.39 is 0 Å². The van der Waals surface area contributed by atoms with Crippen LogP contribution >= 0.6 is 0 Å². The second kappa shape index (κ2) is 5.71. The summed E-state index contributed by atoms with van der Waals surface area (Å²) >= 11 is 0. The average Bonchev–Trinajstić information content (AvgIpc) is 2.00. The average molecular weight is 153 g/mol. The Labute approximate surface area is 67.8 Å². The van der Waals surface area contributed by atoms with E-state index in [0.29, 0.717) is 12.1 Å². The third-order valence-electron chi connectivity index (χ3n) is 1.38. The zero-order valence-corrected chi connectivity index (χ0v) is 6.97. The van der Waals surface area contributed by atoms with Gasteiger partial charge < -0.3 is 5.73 Å². The van der Waals surface area contributed by atoms with Crippen molar-refractivity contribution in [2.45, 2.75) is 26.2 Å². The molecule has 0 bridgehead atoms. The molecule has 0 radical (unpaired) electrons. The number of Topliss-reactive ketones (excluding diaryl/α,β-unsaturated/α-hetero) is 1. The van der Waals surface area contributed by atoms with Crippen LogP contribution in [-0.4, -0.2) is 5.78 Å². The highest BCUT2D eigenvalue weighted by molar-refractivity contribution is 5.94. The molecule has 0 amide bonds. The van der Waals surface area contributed by atoms with Crippen molar-refractivity contribution in [1.29, 1.82) is 0 Å². The van der Waals surface area contributed by atoms with E-state index in [1.165, 1.54) is 12.2 Å². The molecule has 0 fully saturated rings. The predicted octanol–water partition coefficient (Wildman–Crippen LogP) is 1.77. The largest absolute Gasteiger partial charge is 0.396 e. The number of rotatable bonds is 5. The van der Waals surface area contributed by atoms with E-state index in [2.05, 4.69) is 6.58 Å². The van der Waals surface area contributed by atoms with Crippen molar-refractivity contribution in [1.82, 2.24) is 0 Å². The summed E-state index contributed by atoms with van der Waals surface area (Å²) in [5, 5.41) is 0. The molecular weight excluding hydrogens is 138 g/mol. The highest BCUT2D eigenvalue weighted by Crippen LogP contribution is 1.99. The van der Waals surface area contributed by atoms with E-state index in [1.54, 1.807) is 0 Å². The molecule has 0 aromatic carbocycles. The van der Waals surface area contributed by atoms with Gasteiger partial charge in [0.25, 0.3) is 0 Å². The minimum Gasteiger partial charge on any atom is -0.396 e. The molecule has 0 aliphatic heterocycles. The van der Waals surface area contributed by atoms with Crippen LogP contribution in [0, 0.1) is 0 Å². The van der Waals surface area contributed by atoms with Crippen molar-refractivity contribution in [3.05, 3.63) is 24.4 Å². The number of nitrogens with two attached hydrogens (primary N) is 1. The van der Waals surface area contributed by atoms with Gasteiger partial charge in [-0.05, 0) is 12.5 Å². The van der Waals surface area contributed by atoms with Gasteiger partial charge in [-0.3, -0.25) is 4.79 Å². The predicted molar refractivity (Wildman–Crippen MR) is 47.0 cm³/mol. The Hall–Kier alpha value is -1.05. The summed E-state index contributed by atoms with van der Waals surface area (Å²) in [6.07, 6.45) is 5.54. The first-order valence-electron chi connectivity index (χ1n) is 3.83. The molecular formula is C9H15NO. The maximum Gasteiger partial charge on any atom is 0.178 e. The van der Waals surface area contributed by atoms with Crippen LogP contribution in [0.25, 0.3) is 0 Å². The first-order chi connectivity index (χ1) is 5.22. The first kappa shape index (κ1) is 9.95. The van der Waals surface area contributed by atoms with Gasteiger partial charge in [-0.15, -0.1) is 0 Å². The second-order valence-electron chi connectivity index (χ2n) is 2.38. The van der Waals surface area contributed by atoms with E-state index in [1.807, 2.05) is 6.92 Å². The molecule has 2 N–H and O–H groups in total. The smallest absolute Gasteiger partial charge is 0.178 e. The molecule has 2 heteroatoms. The summed E-state index contributed by atoms with van der Waals surface area (Å²) in [5.74, 6) is 0.0201. The summed E-state index contributed by atoms with van der Waals surface area (Å²) in [4.78, 5) is 11.1. The molecule has 0 atom stereocenters. The Bertz CT molecular complexity index is 170. The number of hydrogen-bond acceptors (Lipinski definition) is 2. The summed E-state index contributed by atoms with van der Waals surface area (Å²) < 4.78 is 0. The number of carbonyl (C=O) groups is 1. The van der Waals surface area contributed by atoms with Crippen molar-refractivity contribution in [3.63, 3.8) is 0 Å². The van der Waals surface area contributed by atoms with Crippen molar-refractivity contribution >= 4 is 5.78 Å². The zero-order valence-electron chi connectivity index (χ0n) is 6.97. The molecule has 62 valence electrons. The number of carbonyl (C=O) groups excluding carboxylic acids is 1. The van der Waals surface area contributed by atoms with Gasteiger partial charge in [0.2, 0.25) is 0 Å². The number of unbranched alkanes of at least 4 members (excludes halogenated alkanes) is 1. The monoisotopic (exact) mass is 153 g/mol. The summed E-state index contributed by atoms with van der Waals surface area (Å²) in [7, 11) is 0. The molecule has 11 heavy (non-hydrogen) atoms. The molecule has 2 nitrogen and oxygen atoms in total. The summed E-state index contributed by atoms with van der Waals surface area (Å²) in [6, 6.07) is 0. The molecule has 0 saturated heterocycles. The van der Waals surface area contributed by atoms with Crippen molar-refractivity contribution in [3.8, 4) is 0 Å². The quantitative estimate of drug-likeness (QED) is 0.483.